The topological polar surface area (TPSA) is 43.1 Å². The third-order valence-electron chi connectivity index (χ3n) is 1.05. The van der Waals surface area contributed by atoms with E-state index in [9.17, 15) is 10.1 Å². The number of nitro benzene ring substituents is 1. The van der Waals surface area contributed by atoms with Gasteiger partial charge in [-0.15, -0.1) is 0 Å². The van der Waals surface area contributed by atoms with E-state index in [0.717, 1.165) is 0 Å². The van der Waals surface area contributed by atoms with Crippen molar-refractivity contribution in [2.24, 2.45) is 0 Å². The summed E-state index contributed by atoms with van der Waals surface area (Å²) in [4.78, 5) is 9.77. The number of para-hydroxylation sites is 1. The average molecular weight is 222 g/mol. The van der Waals surface area contributed by atoms with E-state index in [0.29, 0.717) is 4.47 Å². The zero-order valence-corrected chi connectivity index (χ0v) is 6.95. The Balaban J connectivity index is 0.000001000. The Labute approximate surface area is 70.7 Å². The van der Waals surface area contributed by atoms with Gasteiger partial charge in [0.1, 0.15) is 0 Å². The maximum atomic E-state index is 10.2. The number of hydrogen-bond acceptors (Lipinski definition) is 2. The maximum absolute atomic E-state index is 10.2. The molecule has 0 heterocycles. The number of hydrogen-bond donors (Lipinski definition) is 0. The number of benzene rings is 1. The largest absolute Gasteiger partial charge is 0.283 e. The lowest BCUT2D eigenvalue weighted by Crippen LogP contribution is -1.87. The van der Waals surface area contributed by atoms with Gasteiger partial charge in [-0.3, -0.25) is 14.8 Å². The van der Waals surface area contributed by atoms with Crippen molar-refractivity contribution >= 4 is 21.6 Å². The molecule has 0 aromatic heterocycles. The molecule has 1 aromatic carbocycles. The number of nitrogens with zero attached hydrogens (tertiary/aromatic N) is 1. The first-order valence-electron chi connectivity index (χ1n) is 2.61. The second-order valence-corrected chi connectivity index (χ2v) is 2.56. The summed E-state index contributed by atoms with van der Waals surface area (Å²) >= 11 is 3.06. The van der Waals surface area contributed by atoms with E-state index in [-0.39, 0.29) is 10.4 Å². The van der Waals surface area contributed by atoms with E-state index in [1.165, 1.54) is 6.07 Å². The van der Waals surface area contributed by atoms with Gasteiger partial charge in [0, 0.05) is 6.07 Å². The van der Waals surface area contributed by atoms with Gasteiger partial charge in [-0.25, -0.2) is 0 Å². The molecule has 0 amide bonds. The molecule has 0 saturated heterocycles. The SMILES string of the molecule is F.O=[N+]([O-])c1ccccc1Br. The fourth-order valence-corrected chi connectivity index (χ4v) is 1.03. The molecule has 11 heavy (non-hydrogen) atoms. The first-order valence-corrected chi connectivity index (χ1v) is 3.40. The van der Waals surface area contributed by atoms with Crippen LogP contribution in [0.3, 0.4) is 0 Å². The van der Waals surface area contributed by atoms with Crippen LogP contribution in [0.4, 0.5) is 10.4 Å². The lowest BCUT2D eigenvalue weighted by atomic mass is 10.3. The van der Waals surface area contributed by atoms with Gasteiger partial charge in [-0.05, 0) is 22.0 Å². The molecule has 0 N–H and O–H groups in total. The Morgan fingerprint density at radius 3 is 2.27 bits per heavy atom. The van der Waals surface area contributed by atoms with Gasteiger partial charge < -0.3 is 0 Å². The highest BCUT2D eigenvalue weighted by molar-refractivity contribution is 9.10. The summed E-state index contributed by atoms with van der Waals surface area (Å²) in [7, 11) is 0. The van der Waals surface area contributed by atoms with E-state index >= 15 is 0 Å². The first kappa shape index (κ1) is 10.0. The second kappa shape index (κ2) is 4.02. The molecule has 0 radical (unpaired) electrons. The van der Waals surface area contributed by atoms with E-state index in [1.54, 1.807) is 18.2 Å². The molecule has 0 saturated carbocycles. The lowest BCUT2D eigenvalue weighted by molar-refractivity contribution is -0.385. The summed E-state index contributed by atoms with van der Waals surface area (Å²) in [6.45, 7) is 0. The molecule has 0 atom stereocenters. The van der Waals surface area contributed by atoms with Crippen molar-refractivity contribution in [1.82, 2.24) is 0 Å². The maximum Gasteiger partial charge on any atom is 0.283 e. The van der Waals surface area contributed by atoms with E-state index < -0.39 is 4.92 Å². The van der Waals surface area contributed by atoms with E-state index in [2.05, 4.69) is 15.9 Å². The predicted molar refractivity (Wildman–Crippen MR) is 43.3 cm³/mol. The van der Waals surface area contributed by atoms with Crippen molar-refractivity contribution in [3.8, 4) is 0 Å². The Morgan fingerprint density at radius 2 is 1.91 bits per heavy atom. The average Bonchev–Trinajstić information content (AvgIpc) is 1.88. The van der Waals surface area contributed by atoms with E-state index in [4.69, 9.17) is 0 Å². The van der Waals surface area contributed by atoms with Gasteiger partial charge >= 0.3 is 0 Å². The molecule has 0 fully saturated rings. The van der Waals surface area contributed by atoms with Crippen LogP contribution in [0.1, 0.15) is 0 Å². The third-order valence-corrected chi connectivity index (χ3v) is 1.72. The zero-order valence-electron chi connectivity index (χ0n) is 5.36. The van der Waals surface area contributed by atoms with Crippen LogP contribution in [0.5, 0.6) is 0 Å². The van der Waals surface area contributed by atoms with Gasteiger partial charge in [0.2, 0.25) is 0 Å². The minimum atomic E-state index is -0.427. The van der Waals surface area contributed by atoms with Crippen LogP contribution in [0.15, 0.2) is 28.7 Å². The zero-order chi connectivity index (χ0) is 7.56. The normalized spacial score (nSPS) is 8.45. The Bertz CT molecular complexity index is 267. The molecule has 3 nitrogen and oxygen atoms in total. The molecule has 0 spiro atoms. The van der Waals surface area contributed by atoms with Crippen LogP contribution >= 0.6 is 15.9 Å². The second-order valence-electron chi connectivity index (χ2n) is 1.71. The van der Waals surface area contributed by atoms with Crippen molar-refractivity contribution in [2.45, 2.75) is 0 Å². The fraction of sp³-hybridized carbons (Fsp3) is 0. The highest BCUT2D eigenvalue weighted by Gasteiger charge is 2.07. The summed E-state index contributed by atoms with van der Waals surface area (Å²) in [6, 6.07) is 6.45. The Morgan fingerprint density at radius 1 is 1.36 bits per heavy atom. The molecule has 0 aliphatic heterocycles. The van der Waals surface area contributed by atoms with Crippen molar-refractivity contribution in [2.75, 3.05) is 0 Å². The lowest BCUT2D eigenvalue weighted by Gasteiger charge is -1.91. The van der Waals surface area contributed by atoms with Crippen LogP contribution in [-0.2, 0) is 0 Å². The van der Waals surface area contributed by atoms with Crippen molar-refractivity contribution in [1.29, 1.82) is 0 Å². The van der Waals surface area contributed by atoms with Gasteiger partial charge in [0.15, 0.2) is 0 Å². The van der Waals surface area contributed by atoms with Crippen LogP contribution in [-0.4, -0.2) is 4.92 Å². The number of rotatable bonds is 1. The molecule has 0 aliphatic carbocycles. The molecular weight excluding hydrogens is 217 g/mol. The van der Waals surface area contributed by atoms with Gasteiger partial charge in [0.05, 0.1) is 9.40 Å². The van der Waals surface area contributed by atoms with Gasteiger partial charge in [-0.1, -0.05) is 12.1 Å². The smallest absolute Gasteiger partial charge is 0.269 e. The summed E-state index contributed by atoms with van der Waals surface area (Å²) < 4.78 is 0.514. The molecule has 1 rings (SSSR count). The molecular formula is C6H5BrFNO2. The van der Waals surface area contributed by atoms with Crippen LogP contribution in [0.25, 0.3) is 0 Å². The fourth-order valence-electron chi connectivity index (χ4n) is 0.600. The third kappa shape index (κ3) is 2.27. The molecule has 0 bridgehead atoms. The van der Waals surface area contributed by atoms with Crippen LogP contribution in [0.2, 0.25) is 0 Å². The Kier molecular flexibility index (Phi) is 3.67. The molecule has 60 valence electrons. The Hall–Kier alpha value is -0.970. The number of halogens is 2. The van der Waals surface area contributed by atoms with Crippen molar-refractivity contribution in [3.05, 3.63) is 38.9 Å². The van der Waals surface area contributed by atoms with E-state index in [1.807, 2.05) is 0 Å². The minimum absolute atomic E-state index is 0. The van der Waals surface area contributed by atoms with Gasteiger partial charge in [0.25, 0.3) is 5.69 Å². The minimum Gasteiger partial charge on any atom is -0.269 e. The van der Waals surface area contributed by atoms with Crippen LogP contribution < -0.4 is 0 Å². The first-order chi connectivity index (χ1) is 4.72. The van der Waals surface area contributed by atoms with Crippen molar-refractivity contribution < 1.29 is 9.63 Å². The molecule has 5 heteroatoms. The van der Waals surface area contributed by atoms with Crippen LogP contribution in [0, 0.1) is 10.1 Å². The monoisotopic (exact) mass is 221 g/mol. The van der Waals surface area contributed by atoms with Gasteiger partial charge in [-0.2, -0.15) is 0 Å². The molecule has 0 aliphatic rings. The summed E-state index contributed by atoms with van der Waals surface area (Å²) in [5.41, 5.74) is 0.0995. The standard InChI is InChI=1S/C6H4BrNO2.FH/c7-5-3-1-2-4-6(5)8(9)10;/h1-4H;1H. The summed E-state index contributed by atoms with van der Waals surface area (Å²) in [5.74, 6) is 0. The summed E-state index contributed by atoms with van der Waals surface area (Å²) in [6.07, 6.45) is 0. The highest BCUT2D eigenvalue weighted by atomic mass is 79.9. The summed E-state index contributed by atoms with van der Waals surface area (Å²) in [5, 5.41) is 10.2. The highest BCUT2D eigenvalue weighted by Crippen LogP contribution is 2.22. The van der Waals surface area contributed by atoms with Crippen molar-refractivity contribution in [3.63, 3.8) is 0 Å². The predicted octanol–water partition coefficient (Wildman–Crippen LogP) is 2.51. The number of nitro groups is 1. The molecule has 0 unspecified atom stereocenters. The molecule has 1 aromatic rings. The quantitative estimate of drug-likeness (QED) is 0.541.